The van der Waals surface area contributed by atoms with E-state index in [4.69, 9.17) is 4.98 Å². The lowest BCUT2D eigenvalue weighted by Gasteiger charge is -2.22. The third kappa shape index (κ3) is 5.07. The van der Waals surface area contributed by atoms with E-state index in [1.54, 1.807) is 12.3 Å². The molecule has 0 aliphatic carbocycles. The van der Waals surface area contributed by atoms with E-state index in [0.29, 0.717) is 40.2 Å². The predicted molar refractivity (Wildman–Crippen MR) is 152 cm³/mol. The maximum absolute atomic E-state index is 13.1. The zero-order valence-corrected chi connectivity index (χ0v) is 22.1. The van der Waals surface area contributed by atoms with Gasteiger partial charge in [-0.05, 0) is 75.1 Å². The van der Waals surface area contributed by atoms with Crippen molar-refractivity contribution in [3.05, 3.63) is 81.8 Å². The standard InChI is InChI=1S/C30H34N6O3/c1-19(27(37)20-8-3-2-4-9-20)32-23-10-11-31-29(38)26(23)28-33-24-16-21-18-36(15-7-14-35-12-5-6-13-35)30(39)22(21)17-25(24)34-28/h2-4,8-11,16-17,19,27,37H,5-7,12-15,18H2,1H3,(H,33,34)(H2,31,32,38)/t19-,27-/m0/s1. The van der Waals surface area contributed by atoms with Crippen molar-refractivity contribution in [3.63, 3.8) is 0 Å². The normalized spacial score (nSPS) is 17.1. The number of amides is 1. The van der Waals surface area contributed by atoms with E-state index >= 15 is 0 Å². The van der Waals surface area contributed by atoms with Crippen molar-refractivity contribution in [1.29, 1.82) is 0 Å². The number of likely N-dealkylation sites (tertiary alicyclic amines) is 1. The molecule has 2 aromatic heterocycles. The number of carbonyl (C=O) groups excluding carboxylic acids is 1. The van der Waals surface area contributed by atoms with Gasteiger partial charge in [0.05, 0.1) is 28.9 Å². The van der Waals surface area contributed by atoms with Crippen LogP contribution in [0.15, 0.2) is 59.5 Å². The molecule has 0 spiro atoms. The highest BCUT2D eigenvalue weighted by atomic mass is 16.3. The highest BCUT2D eigenvalue weighted by molar-refractivity contribution is 6.02. The van der Waals surface area contributed by atoms with E-state index in [1.165, 1.54) is 25.9 Å². The molecule has 2 aliphatic heterocycles. The van der Waals surface area contributed by atoms with Gasteiger partial charge in [-0.25, -0.2) is 4.98 Å². The molecule has 9 heteroatoms. The van der Waals surface area contributed by atoms with Gasteiger partial charge in [-0.3, -0.25) is 9.59 Å². The molecule has 2 atom stereocenters. The molecule has 4 aromatic rings. The van der Waals surface area contributed by atoms with Crippen LogP contribution in [0.3, 0.4) is 0 Å². The highest BCUT2D eigenvalue weighted by Crippen LogP contribution is 2.31. The molecule has 2 aromatic carbocycles. The van der Waals surface area contributed by atoms with Crippen molar-refractivity contribution in [2.45, 2.75) is 44.9 Å². The third-order valence-electron chi connectivity index (χ3n) is 7.88. The SMILES string of the molecule is C[C@H](Nc1cc[nH]c(=O)c1-c1nc2cc3c(cc2[nH]1)C(=O)N(CCCN1CCCC1)C3)[C@H](O)c1ccccc1. The van der Waals surface area contributed by atoms with Crippen LogP contribution in [-0.2, 0) is 6.54 Å². The molecule has 2 aliphatic rings. The number of rotatable bonds is 9. The number of imidazole rings is 1. The van der Waals surface area contributed by atoms with Crippen LogP contribution in [0.2, 0.25) is 0 Å². The Morgan fingerprint density at radius 3 is 2.67 bits per heavy atom. The Morgan fingerprint density at radius 2 is 1.87 bits per heavy atom. The Balaban J connectivity index is 1.22. The molecular formula is C30H34N6O3. The van der Waals surface area contributed by atoms with Gasteiger partial charge in [0.25, 0.3) is 11.5 Å². The fourth-order valence-corrected chi connectivity index (χ4v) is 5.77. The number of carbonyl (C=O) groups is 1. The first kappa shape index (κ1) is 25.3. The molecule has 4 N–H and O–H groups in total. The first-order chi connectivity index (χ1) is 19.0. The lowest BCUT2D eigenvalue weighted by atomic mass is 10.0. The second-order valence-corrected chi connectivity index (χ2v) is 10.6. The van der Waals surface area contributed by atoms with Crippen molar-refractivity contribution >= 4 is 22.6 Å². The number of nitrogens with zero attached hydrogens (tertiary/aromatic N) is 3. The molecule has 1 fully saturated rings. The van der Waals surface area contributed by atoms with Crippen molar-refractivity contribution in [1.82, 2.24) is 24.8 Å². The molecule has 9 nitrogen and oxygen atoms in total. The molecule has 0 bridgehead atoms. The zero-order chi connectivity index (χ0) is 26.9. The molecule has 6 rings (SSSR count). The van der Waals surface area contributed by atoms with E-state index in [1.807, 2.05) is 54.3 Å². The van der Waals surface area contributed by atoms with Gasteiger partial charge in [-0.15, -0.1) is 0 Å². The van der Waals surface area contributed by atoms with E-state index in [0.717, 1.165) is 30.6 Å². The summed E-state index contributed by atoms with van der Waals surface area (Å²) in [6.07, 6.45) is 4.33. The van der Waals surface area contributed by atoms with Crippen LogP contribution in [0.25, 0.3) is 22.4 Å². The van der Waals surface area contributed by atoms with E-state index in [-0.39, 0.29) is 17.5 Å². The van der Waals surface area contributed by atoms with Gasteiger partial charge in [0.1, 0.15) is 11.4 Å². The summed E-state index contributed by atoms with van der Waals surface area (Å²) in [7, 11) is 0. The number of anilines is 1. The number of aromatic amines is 2. The van der Waals surface area contributed by atoms with Crippen LogP contribution in [-0.4, -0.2) is 68.0 Å². The lowest BCUT2D eigenvalue weighted by Crippen LogP contribution is -2.29. The van der Waals surface area contributed by atoms with E-state index in [2.05, 4.69) is 20.2 Å². The highest BCUT2D eigenvalue weighted by Gasteiger charge is 2.29. The number of fused-ring (bicyclic) bond motifs is 2. The minimum Gasteiger partial charge on any atom is -0.386 e. The lowest BCUT2D eigenvalue weighted by molar-refractivity contribution is 0.0772. The summed E-state index contributed by atoms with van der Waals surface area (Å²) >= 11 is 0. The average molecular weight is 527 g/mol. The number of pyridine rings is 1. The summed E-state index contributed by atoms with van der Waals surface area (Å²) in [5, 5.41) is 14.1. The number of aromatic nitrogens is 3. The quantitative estimate of drug-likeness (QED) is 0.263. The van der Waals surface area contributed by atoms with Crippen molar-refractivity contribution in [3.8, 4) is 11.4 Å². The Hall–Kier alpha value is -3.95. The third-order valence-corrected chi connectivity index (χ3v) is 7.88. The number of H-pyrrole nitrogens is 2. The minimum atomic E-state index is -0.763. The second kappa shape index (κ2) is 10.7. The molecule has 1 saturated heterocycles. The first-order valence-corrected chi connectivity index (χ1v) is 13.7. The summed E-state index contributed by atoms with van der Waals surface area (Å²) in [5.41, 5.74) is 4.49. The van der Waals surface area contributed by atoms with Gasteiger partial charge in [-0.1, -0.05) is 30.3 Å². The van der Waals surface area contributed by atoms with Crippen molar-refractivity contribution < 1.29 is 9.90 Å². The number of aliphatic hydroxyl groups is 1. The number of hydrogen-bond donors (Lipinski definition) is 4. The van der Waals surface area contributed by atoms with Crippen LogP contribution in [0.5, 0.6) is 0 Å². The average Bonchev–Trinajstić information content (AvgIpc) is 3.67. The maximum atomic E-state index is 13.1. The fourth-order valence-electron chi connectivity index (χ4n) is 5.77. The van der Waals surface area contributed by atoms with Crippen molar-refractivity contribution in [2.24, 2.45) is 0 Å². The van der Waals surface area contributed by atoms with Crippen LogP contribution in [0.4, 0.5) is 5.69 Å². The minimum absolute atomic E-state index is 0.0492. The molecule has 0 unspecified atom stereocenters. The monoisotopic (exact) mass is 526 g/mol. The summed E-state index contributed by atoms with van der Waals surface area (Å²) in [6.45, 7) is 6.57. The molecule has 0 radical (unpaired) electrons. The topological polar surface area (TPSA) is 117 Å². The maximum Gasteiger partial charge on any atom is 0.261 e. The van der Waals surface area contributed by atoms with Gasteiger partial charge in [-0.2, -0.15) is 0 Å². The van der Waals surface area contributed by atoms with Crippen molar-refractivity contribution in [2.75, 3.05) is 31.5 Å². The van der Waals surface area contributed by atoms with Crippen LogP contribution in [0.1, 0.15) is 53.8 Å². The molecule has 202 valence electrons. The van der Waals surface area contributed by atoms with Gasteiger partial charge in [0, 0.05) is 24.8 Å². The molecule has 0 saturated carbocycles. The Bertz CT molecular complexity index is 1540. The molecule has 4 heterocycles. The number of aliphatic hydroxyl groups excluding tert-OH is 1. The van der Waals surface area contributed by atoms with Crippen LogP contribution < -0.4 is 10.9 Å². The van der Waals surface area contributed by atoms with Gasteiger partial charge in [0.2, 0.25) is 0 Å². The van der Waals surface area contributed by atoms with Gasteiger partial charge >= 0.3 is 0 Å². The summed E-state index contributed by atoms with van der Waals surface area (Å²) in [6, 6.07) is 14.6. The Morgan fingerprint density at radius 1 is 1.08 bits per heavy atom. The predicted octanol–water partition coefficient (Wildman–Crippen LogP) is 3.89. The summed E-state index contributed by atoms with van der Waals surface area (Å²) in [5.74, 6) is 0.461. The Labute approximate surface area is 226 Å². The molecule has 1 amide bonds. The van der Waals surface area contributed by atoms with Crippen LogP contribution in [0, 0.1) is 0 Å². The number of hydrogen-bond acceptors (Lipinski definition) is 6. The van der Waals surface area contributed by atoms with Gasteiger partial charge in [0.15, 0.2) is 0 Å². The first-order valence-electron chi connectivity index (χ1n) is 13.7. The zero-order valence-electron chi connectivity index (χ0n) is 22.1. The number of nitrogens with one attached hydrogen (secondary N) is 3. The Kier molecular flexibility index (Phi) is 6.93. The summed E-state index contributed by atoms with van der Waals surface area (Å²) < 4.78 is 0. The van der Waals surface area contributed by atoms with Gasteiger partial charge < -0.3 is 30.2 Å². The second-order valence-electron chi connectivity index (χ2n) is 10.6. The smallest absolute Gasteiger partial charge is 0.261 e. The summed E-state index contributed by atoms with van der Waals surface area (Å²) in [4.78, 5) is 41.2. The largest absolute Gasteiger partial charge is 0.386 e. The van der Waals surface area contributed by atoms with E-state index < -0.39 is 6.10 Å². The molecular weight excluding hydrogens is 492 g/mol. The van der Waals surface area contributed by atoms with Crippen LogP contribution >= 0.6 is 0 Å². The number of benzene rings is 2. The van der Waals surface area contributed by atoms with E-state index in [9.17, 15) is 14.7 Å². The fraction of sp³-hybridized carbons (Fsp3) is 0.367. The molecule has 39 heavy (non-hydrogen) atoms.